The van der Waals surface area contributed by atoms with Crippen LogP contribution in [0.5, 0.6) is 17.2 Å². The van der Waals surface area contributed by atoms with Crippen molar-refractivity contribution in [3.8, 4) is 28.5 Å². The van der Waals surface area contributed by atoms with Crippen molar-refractivity contribution < 1.29 is 19.4 Å². The maximum atomic E-state index is 13.6. The number of aromatic nitrogens is 3. The van der Waals surface area contributed by atoms with Crippen molar-refractivity contribution in [1.82, 2.24) is 20.1 Å². The zero-order valence-corrected chi connectivity index (χ0v) is 19.1. The number of para-hydroxylation sites is 1. The largest absolute Gasteiger partial charge is 0.507 e. The van der Waals surface area contributed by atoms with E-state index in [1.807, 2.05) is 36.4 Å². The third-order valence-electron chi connectivity index (χ3n) is 5.96. The molecule has 0 spiro atoms. The zero-order valence-electron chi connectivity index (χ0n) is 19.1. The number of aromatic hydroxyl groups is 1. The van der Waals surface area contributed by atoms with Crippen LogP contribution < -0.4 is 9.47 Å². The average Bonchev–Trinajstić information content (AvgIpc) is 3.42. The third kappa shape index (κ3) is 3.99. The van der Waals surface area contributed by atoms with Crippen LogP contribution in [0.2, 0.25) is 0 Å². The number of amides is 1. The molecule has 176 valence electrons. The molecule has 0 saturated heterocycles. The van der Waals surface area contributed by atoms with Crippen LogP contribution in [0.1, 0.15) is 33.2 Å². The molecule has 1 aliphatic heterocycles. The Hall–Kier alpha value is -4.59. The molecule has 1 amide bonds. The number of pyridine rings is 1. The number of H-pyrrole nitrogens is 1. The van der Waals surface area contributed by atoms with Crippen molar-refractivity contribution in [1.29, 1.82) is 0 Å². The molecule has 2 aromatic carbocycles. The van der Waals surface area contributed by atoms with Crippen LogP contribution in [-0.2, 0) is 6.54 Å². The van der Waals surface area contributed by atoms with Gasteiger partial charge in [0.05, 0.1) is 13.2 Å². The maximum Gasteiger partial charge on any atom is 0.273 e. The van der Waals surface area contributed by atoms with Gasteiger partial charge in [-0.15, -0.1) is 0 Å². The molecule has 0 saturated carbocycles. The first-order valence-electron chi connectivity index (χ1n) is 11.1. The zero-order chi connectivity index (χ0) is 24.4. The topological polar surface area (TPSA) is 101 Å². The fourth-order valence-corrected chi connectivity index (χ4v) is 4.40. The molecule has 8 nitrogen and oxygen atoms in total. The highest BCUT2D eigenvalue weighted by Gasteiger charge is 2.42. The number of rotatable bonds is 8. The number of nitrogens with one attached hydrogen (secondary N) is 1. The van der Waals surface area contributed by atoms with Crippen LogP contribution in [0.15, 0.2) is 79.6 Å². The van der Waals surface area contributed by atoms with E-state index in [9.17, 15) is 9.90 Å². The highest BCUT2D eigenvalue weighted by atomic mass is 16.5. The number of benzene rings is 2. The fraction of sp³-hybridized carbons (Fsp3) is 0.148. The lowest BCUT2D eigenvalue weighted by Crippen LogP contribution is -2.29. The van der Waals surface area contributed by atoms with E-state index in [-0.39, 0.29) is 11.7 Å². The Morgan fingerprint density at radius 1 is 1.17 bits per heavy atom. The SMILES string of the molecule is C=CCOc1ccc(C2c3c(-c4ccccc4O)n[nH]c3C(=O)N2Cc2cccnc2)cc1OC. The van der Waals surface area contributed by atoms with Crippen LogP contribution >= 0.6 is 0 Å². The Kier molecular flexibility index (Phi) is 5.93. The second-order valence-corrected chi connectivity index (χ2v) is 8.08. The molecule has 2 aromatic heterocycles. The van der Waals surface area contributed by atoms with Crippen LogP contribution in [0.25, 0.3) is 11.3 Å². The molecule has 1 aliphatic rings. The van der Waals surface area contributed by atoms with Gasteiger partial charge in [0.2, 0.25) is 0 Å². The van der Waals surface area contributed by atoms with Crippen molar-refractivity contribution in [2.75, 3.05) is 13.7 Å². The van der Waals surface area contributed by atoms with E-state index in [0.717, 1.165) is 11.1 Å². The van der Waals surface area contributed by atoms with E-state index < -0.39 is 6.04 Å². The highest BCUT2D eigenvalue weighted by molar-refractivity contribution is 6.00. The number of hydrogen-bond acceptors (Lipinski definition) is 6. The number of carbonyl (C=O) groups excluding carboxylic acids is 1. The minimum atomic E-state index is -0.478. The Morgan fingerprint density at radius 2 is 2.03 bits per heavy atom. The summed E-state index contributed by atoms with van der Waals surface area (Å²) in [5.41, 5.74) is 3.87. The van der Waals surface area contributed by atoms with Gasteiger partial charge in [-0.25, -0.2) is 0 Å². The number of methoxy groups -OCH3 is 1. The number of phenols is 1. The van der Waals surface area contributed by atoms with Gasteiger partial charge in [-0.3, -0.25) is 14.9 Å². The van der Waals surface area contributed by atoms with E-state index in [2.05, 4.69) is 21.8 Å². The standard InChI is InChI=1S/C27H24N4O4/c1-3-13-35-21-11-10-18(14-22(21)34-2)26-23-24(19-8-4-5-9-20(19)32)29-30-25(23)27(33)31(26)16-17-7-6-12-28-15-17/h3-12,14-15,26,32H,1,13,16H2,2H3,(H,29,30). The number of nitrogens with zero attached hydrogens (tertiary/aromatic N) is 3. The van der Waals surface area contributed by atoms with E-state index in [1.54, 1.807) is 48.7 Å². The summed E-state index contributed by atoms with van der Waals surface area (Å²) in [5, 5.41) is 17.9. The normalized spacial score (nSPS) is 14.6. The maximum absolute atomic E-state index is 13.6. The summed E-state index contributed by atoms with van der Waals surface area (Å²) < 4.78 is 11.3. The van der Waals surface area contributed by atoms with Gasteiger partial charge in [0.15, 0.2) is 11.5 Å². The molecule has 1 unspecified atom stereocenters. The van der Waals surface area contributed by atoms with E-state index >= 15 is 0 Å². The fourth-order valence-electron chi connectivity index (χ4n) is 4.40. The third-order valence-corrected chi connectivity index (χ3v) is 5.96. The summed E-state index contributed by atoms with van der Waals surface area (Å²) in [6.45, 7) is 4.37. The van der Waals surface area contributed by atoms with Gasteiger partial charge in [-0.05, 0) is 41.5 Å². The Bertz CT molecular complexity index is 1380. The summed E-state index contributed by atoms with van der Waals surface area (Å²) in [4.78, 5) is 19.5. The molecule has 0 radical (unpaired) electrons. The van der Waals surface area contributed by atoms with Gasteiger partial charge in [-0.1, -0.05) is 36.9 Å². The number of phenolic OH excluding ortho intramolecular Hbond substituents is 1. The van der Waals surface area contributed by atoms with Gasteiger partial charge >= 0.3 is 0 Å². The number of ether oxygens (including phenoxy) is 2. The lowest BCUT2D eigenvalue weighted by atomic mass is 9.95. The summed E-state index contributed by atoms with van der Waals surface area (Å²) >= 11 is 0. The van der Waals surface area contributed by atoms with Crippen LogP contribution in [0.4, 0.5) is 0 Å². The monoisotopic (exact) mass is 468 g/mol. The first kappa shape index (κ1) is 22.2. The lowest BCUT2D eigenvalue weighted by Gasteiger charge is -2.27. The Labute approximate surface area is 202 Å². The van der Waals surface area contributed by atoms with E-state index in [1.165, 1.54) is 0 Å². The molecular formula is C27H24N4O4. The minimum Gasteiger partial charge on any atom is -0.507 e. The number of fused-ring (bicyclic) bond motifs is 1. The van der Waals surface area contributed by atoms with Crippen LogP contribution in [0.3, 0.4) is 0 Å². The van der Waals surface area contributed by atoms with Crippen molar-refractivity contribution in [3.05, 3.63) is 102 Å². The first-order chi connectivity index (χ1) is 17.1. The Balaban J connectivity index is 1.65. The van der Waals surface area contributed by atoms with E-state index in [0.29, 0.717) is 47.2 Å². The summed E-state index contributed by atoms with van der Waals surface area (Å²) in [6, 6.07) is 15.8. The van der Waals surface area contributed by atoms with Crippen molar-refractivity contribution >= 4 is 5.91 Å². The smallest absolute Gasteiger partial charge is 0.273 e. The molecule has 35 heavy (non-hydrogen) atoms. The minimum absolute atomic E-state index is 0.0875. The summed E-state index contributed by atoms with van der Waals surface area (Å²) in [5.74, 6) is 1.02. The Morgan fingerprint density at radius 3 is 2.77 bits per heavy atom. The predicted octanol–water partition coefficient (Wildman–Crippen LogP) is 4.50. The van der Waals surface area contributed by atoms with Gasteiger partial charge in [0.1, 0.15) is 23.7 Å². The van der Waals surface area contributed by atoms with Crippen molar-refractivity contribution in [3.63, 3.8) is 0 Å². The van der Waals surface area contributed by atoms with Crippen molar-refractivity contribution in [2.24, 2.45) is 0 Å². The predicted molar refractivity (Wildman–Crippen MR) is 130 cm³/mol. The van der Waals surface area contributed by atoms with Gasteiger partial charge in [-0.2, -0.15) is 5.10 Å². The van der Waals surface area contributed by atoms with E-state index in [4.69, 9.17) is 9.47 Å². The van der Waals surface area contributed by atoms with Crippen LogP contribution in [-0.4, -0.2) is 44.8 Å². The molecule has 2 N–H and O–H groups in total. The summed E-state index contributed by atoms with van der Waals surface area (Å²) in [7, 11) is 1.57. The quantitative estimate of drug-likeness (QED) is 0.370. The van der Waals surface area contributed by atoms with Gasteiger partial charge in [0, 0.05) is 30.1 Å². The van der Waals surface area contributed by atoms with Gasteiger partial charge < -0.3 is 19.5 Å². The first-order valence-corrected chi connectivity index (χ1v) is 11.1. The second kappa shape index (κ2) is 9.34. The molecule has 4 aromatic rings. The lowest BCUT2D eigenvalue weighted by molar-refractivity contribution is 0.0729. The molecule has 5 rings (SSSR count). The molecule has 0 fully saturated rings. The van der Waals surface area contributed by atoms with Gasteiger partial charge in [0.25, 0.3) is 5.91 Å². The molecule has 0 bridgehead atoms. The number of carbonyl (C=O) groups is 1. The second-order valence-electron chi connectivity index (χ2n) is 8.08. The van der Waals surface area contributed by atoms with Crippen LogP contribution in [0, 0.1) is 0 Å². The number of aromatic amines is 1. The molecule has 0 aliphatic carbocycles. The molecular weight excluding hydrogens is 444 g/mol. The number of hydrogen-bond donors (Lipinski definition) is 2. The molecule has 1 atom stereocenters. The average molecular weight is 469 g/mol. The molecule has 3 heterocycles. The van der Waals surface area contributed by atoms with Crippen molar-refractivity contribution in [2.45, 2.75) is 12.6 Å². The molecule has 8 heteroatoms. The highest BCUT2D eigenvalue weighted by Crippen LogP contribution is 2.46. The summed E-state index contributed by atoms with van der Waals surface area (Å²) in [6.07, 6.45) is 5.10.